The maximum absolute atomic E-state index is 13.4. The van der Waals surface area contributed by atoms with Gasteiger partial charge in [0, 0.05) is 19.2 Å². The average molecular weight is 340 g/mol. The number of nitrogens with zero attached hydrogens (tertiary/aromatic N) is 3. The Bertz CT molecular complexity index is 1060. The van der Waals surface area contributed by atoms with E-state index in [1.54, 1.807) is 12.1 Å². The van der Waals surface area contributed by atoms with Gasteiger partial charge in [-0.15, -0.1) is 0 Å². The van der Waals surface area contributed by atoms with Gasteiger partial charge in [0.05, 0.1) is 22.2 Å². The fourth-order valence-electron chi connectivity index (χ4n) is 3.22. The van der Waals surface area contributed by atoms with Crippen molar-refractivity contribution < 1.29 is 9.31 Å². The Morgan fingerprint density at radius 3 is 2.88 bits per heavy atom. The summed E-state index contributed by atoms with van der Waals surface area (Å²) in [6.07, 6.45) is 1.86. The van der Waals surface area contributed by atoms with Gasteiger partial charge in [-0.05, 0) is 35.7 Å². The van der Waals surface area contributed by atoms with Crippen LogP contribution < -0.4 is 10.5 Å². The lowest BCUT2D eigenvalue weighted by Gasteiger charge is -2.30. The zero-order chi connectivity index (χ0) is 17.6. The van der Waals surface area contributed by atoms with Crippen molar-refractivity contribution in [2.45, 2.75) is 13.0 Å². The van der Waals surface area contributed by atoms with Crippen LogP contribution in [0, 0.1) is 15.9 Å². The summed E-state index contributed by atoms with van der Waals surface area (Å²) in [5, 5.41) is 11.7. The molecule has 0 atom stereocenters. The van der Waals surface area contributed by atoms with Gasteiger partial charge in [-0.25, -0.2) is 9.37 Å². The summed E-state index contributed by atoms with van der Waals surface area (Å²) >= 11 is 0. The Hall–Kier alpha value is -3.29. The fraction of sp³-hybridized carbons (Fsp3) is 0.176. The van der Waals surface area contributed by atoms with E-state index in [1.807, 2.05) is 4.90 Å². The molecule has 0 fully saturated rings. The first kappa shape index (κ1) is 15.3. The van der Waals surface area contributed by atoms with Crippen molar-refractivity contribution in [2.24, 2.45) is 0 Å². The monoisotopic (exact) mass is 340 g/mol. The number of rotatable bonds is 2. The number of halogens is 1. The number of anilines is 1. The van der Waals surface area contributed by atoms with Crippen LogP contribution in [0.25, 0.3) is 10.9 Å². The van der Waals surface area contributed by atoms with Gasteiger partial charge in [0.1, 0.15) is 11.5 Å². The van der Waals surface area contributed by atoms with E-state index in [0.717, 1.165) is 11.1 Å². The SMILES string of the molecule is O=c1[nH]cnc2cc(N3CCc4cc(F)ccc4C3)c([N+](=O)[O-])cc12. The number of H-pyrrole nitrogens is 1. The van der Waals surface area contributed by atoms with E-state index in [4.69, 9.17) is 0 Å². The van der Waals surface area contributed by atoms with Crippen LogP contribution in [0.3, 0.4) is 0 Å². The van der Waals surface area contributed by atoms with E-state index in [0.29, 0.717) is 30.7 Å². The number of nitro groups is 1. The predicted molar refractivity (Wildman–Crippen MR) is 90.2 cm³/mol. The molecule has 8 heteroatoms. The molecule has 1 aliphatic rings. The van der Waals surface area contributed by atoms with Crippen LogP contribution in [0.2, 0.25) is 0 Å². The lowest BCUT2D eigenvalue weighted by Crippen LogP contribution is -2.31. The third-order valence-corrected chi connectivity index (χ3v) is 4.45. The summed E-state index contributed by atoms with van der Waals surface area (Å²) in [5.41, 5.74) is 2.09. The van der Waals surface area contributed by atoms with Gasteiger partial charge in [-0.3, -0.25) is 14.9 Å². The second kappa shape index (κ2) is 5.66. The summed E-state index contributed by atoms with van der Waals surface area (Å²) in [7, 11) is 0. The van der Waals surface area contributed by atoms with Crippen molar-refractivity contribution in [3.8, 4) is 0 Å². The smallest absolute Gasteiger partial charge is 0.293 e. The number of aromatic nitrogens is 2. The van der Waals surface area contributed by atoms with Gasteiger partial charge in [0.25, 0.3) is 11.2 Å². The van der Waals surface area contributed by atoms with Crippen molar-refractivity contribution in [3.05, 3.63) is 74.1 Å². The predicted octanol–water partition coefficient (Wildman–Crippen LogP) is 2.53. The highest BCUT2D eigenvalue weighted by atomic mass is 19.1. The maximum Gasteiger partial charge on any atom is 0.293 e. The Kier molecular flexibility index (Phi) is 3.45. The molecule has 3 aromatic rings. The molecule has 0 unspecified atom stereocenters. The van der Waals surface area contributed by atoms with Gasteiger partial charge in [-0.2, -0.15) is 0 Å². The largest absolute Gasteiger partial charge is 0.361 e. The second-order valence-electron chi connectivity index (χ2n) is 5.93. The molecule has 0 bridgehead atoms. The van der Waals surface area contributed by atoms with Crippen LogP contribution in [0.4, 0.5) is 15.8 Å². The van der Waals surface area contributed by atoms with Gasteiger partial charge < -0.3 is 9.88 Å². The lowest BCUT2D eigenvalue weighted by molar-refractivity contribution is -0.384. The fourth-order valence-corrected chi connectivity index (χ4v) is 3.22. The average Bonchev–Trinajstić information content (AvgIpc) is 2.60. The molecule has 1 aromatic heterocycles. The highest BCUT2D eigenvalue weighted by molar-refractivity contribution is 5.87. The molecular formula is C17H13FN4O3. The van der Waals surface area contributed by atoms with E-state index in [-0.39, 0.29) is 16.9 Å². The molecule has 0 aliphatic carbocycles. The minimum Gasteiger partial charge on any atom is -0.361 e. The Balaban J connectivity index is 1.83. The van der Waals surface area contributed by atoms with Crippen molar-refractivity contribution in [1.29, 1.82) is 0 Å². The van der Waals surface area contributed by atoms with Gasteiger partial charge >= 0.3 is 0 Å². The molecule has 0 saturated heterocycles. The third kappa shape index (κ3) is 2.61. The summed E-state index contributed by atoms with van der Waals surface area (Å²) < 4.78 is 13.4. The third-order valence-electron chi connectivity index (χ3n) is 4.45. The van der Waals surface area contributed by atoms with Gasteiger partial charge in [-0.1, -0.05) is 6.07 Å². The van der Waals surface area contributed by atoms with Gasteiger partial charge in [0.15, 0.2) is 0 Å². The van der Waals surface area contributed by atoms with Gasteiger partial charge in [0.2, 0.25) is 0 Å². The van der Waals surface area contributed by atoms with E-state index >= 15 is 0 Å². The number of benzene rings is 2. The number of nitrogens with one attached hydrogen (secondary N) is 1. The zero-order valence-electron chi connectivity index (χ0n) is 13.0. The van der Waals surface area contributed by atoms with Crippen LogP contribution in [0.5, 0.6) is 0 Å². The van der Waals surface area contributed by atoms with Crippen LogP contribution in [-0.4, -0.2) is 21.4 Å². The minimum atomic E-state index is -0.499. The number of aromatic amines is 1. The highest BCUT2D eigenvalue weighted by Crippen LogP contribution is 2.34. The molecule has 2 heterocycles. The standard InChI is InChI=1S/C17H13FN4O3/c18-12-2-1-11-8-21(4-3-10(11)5-12)15-7-14-13(6-16(15)22(24)25)17(23)20-9-19-14/h1-2,5-7,9H,3-4,8H2,(H,19,20,23). The summed E-state index contributed by atoms with van der Waals surface area (Å²) in [5.74, 6) is -0.285. The van der Waals surface area contributed by atoms with E-state index in [1.165, 1.54) is 24.5 Å². The van der Waals surface area contributed by atoms with Crippen LogP contribution >= 0.6 is 0 Å². The van der Waals surface area contributed by atoms with Crippen molar-refractivity contribution in [3.63, 3.8) is 0 Å². The van der Waals surface area contributed by atoms with Crippen molar-refractivity contribution >= 4 is 22.3 Å². The molecule has 0 amide bonds. The zero-order valence-corrected chi connectivity index (χ0v) is 13.0. The Labute approximate surface area is 140 Å². The first-order chi connectivity index (χ1) is 12.0. The first-order valence-corrected chi connectivity index (χ1v) is 7.71. The number of hydrogen-bond acceptors (Lipinski definition) is 5. The van der Waals surface area contributed by atoms with Crippen LogP contribution in [-0.2, 0) is 13.0 Å². The number of hydrogen-bond donors (Lipinski definition) is 1. The molecule has 0 spiro atoms. The highest BCUT2D eigenvalue weighted by Gasteiger charge is 2.25. The van der Waals surface area contributed by atoms with E-state index in [9.17, 15) is 19.3 Å². The van der Waals surface area contributed by atoms with Crippen LogP contribution in [0.1, 0.15) is 11.1 Å². The minimum absolute atomic E-state index is 0.142. The van der Waals surface area contributed by atoms with Crippen LogP contribution in [0.15, 0.2) is 41.5 Å². The molecule has 126 valence electrons. The topological polar surface area (TPSA) is 92.1 Å². The summed E-state index contributed by atoms with van der Waals surface area (Å²) in [6.45, 7) is 0.955. The molecule has 2 aromatic carbocycles. The molecule has 4 rings (SSSR count). The molecule has 7 nitrogen and oxygen atoms in total. The molecule has 1 N–H and O–H groups in total. The van der Waals surface area contributed by atoms with Crippen molar-refractivity contribution in [1.82, 2.24) is 9.97 Å². The quantitative estimate of drug-likeness (QED) is 0.572. The van der Waals surface area contributed by atoms with E-state index in [2.05, 4.69) is 9.97 Å². The molecule has 0 saturated carbocycles. The molecule has 1 aliphatic heterocycles. The number of nitro benzene ring substituents is 1. The van der Waals surface area contributed by atoms with E-state index < -0.39 is 10.5 Å². The molecule has 25 heavy (non-hydrogen) atoms. The first-order valence-electron chi connectivity index (χ1n) is 7.71. The maximum atomic E-state index is 13.4. The molecule has 0 radical (unpaired) electrons. The Morgan fingerprint density at radius 2 is 2.08 bits per heavy atom. The normalized spacial score (nSPS) is 13.7. The second-order valence-corrected chi connectivity index (χ2v) is 5.93. The Morgan fingerprint density at radius 1 is 1.24 bits per heavy atom. The lowest BCUT2D eigenvalue weighted by atomic mass is 9.99. The number of fused-ring (bicyclic) bond motifs is 2. The van der Waals surface area contributed by atoms with Crippen molar-refractivity contribution in [2.75, 3.05) is 11.4 Å². The summed E-state index contributed by atoms with van der Waals surface area (Å²) in [4.78, 5) is 31.3. The summed E-state index contributed by atoms with van der Waals surface area (Å²) in [6, 6.07) is 7.42. The molecular weight excluding hydrogens is 327 g/mol.